The summed E-state index contributed by atoms with van der Waals surface area (Å²) in [7, 11) is 0. The molecule has 1 unspecified atom stereocenters. The molecule has 3 heteroatoms. The van der Waals surface area contributed by atoms with E-state index in [-0.39, 0.29) is 17.5 Å². The summed E-state index contributed by atoms with van der Waals surface area (Å²) in [5.74, 6) is 0. The Morgan fingerprint density at radius 1 is 1.20 bits per heavy atom. The Morgan fingerprint density at radius 2 is 1.80 bits per heavy atom. The number of nitrogens with zero attached hydrogens (tertiary/aromatic N) is 1. The van der Waals surface area contributed by atoms with Gasteiger partial charge in [0, 0.05) is 13.1 Å². The highest BCUT2D eigenvalue weighted by Gasteiger charge is 2.25. The first-order chi connectivity index (χ1) is 9.46. The van der Waals surface area contributed by atoms with Crippen molar-refractivity contribution in [1.29, 1.82) is 0 Å². The molecule has 1 aliphatic heterocycles. The first-order valence-corrected chi connectivity index (χ1v) is 7.56. The topological polar surface area (TPSA) is 32.3 Å². The molecular weight excluding hydrogens is 248 g/mol. The molecule has 1 aliphatic rings. The fourth-order valence-corrected chi connectivity index (χ4v) is 2.71. The summed E-state index contributed by atoms with van der Waals surface area (Å²) in [6.07, 6.45) is 3.20. The molecule has 0 aliphatic carbocycles. The second-order valence-corrected chi connectivity index (χ2v) is 6.87. The third kappa shape index (κ3) is 4.26. The first-order valence-electron chi connectivity index (χ1n) is 7.56. The van der Waals surface area contributed by atoms with Gasteiger partial charge in [-0.25, -0.2) is 4.79 Å². The number of carbonyl (C=O) groups is 1. The lowest BCUT2D eigenvalue weighted by Crippen LogP contribution is -2.41. The summed E-state index contributed by atoms with van der Waals surface area (Å²) in [5.41, 5.74) is 1.37. The lowest BCUT2D eigenvalue weighted by atomic mass is 9.85. The van der Waals surface area contributed by atoms with Gasteiger partial charge >= 0.3 is 6.03 Å². The van der Waals surface area contributed by atoms with Gasteiger partial charge in [0.15, 0.2) is 0 Å². The van der Waals surface area contributed by atoms with Crippen LogP contribution in [-0.4, -0.2) is 24.0 Å². The molecule has 1 aromatic carbocycles. The van der Waals surface area contributed by atoms with Crippen LogP contribution < -0.4 is 5.32 Å². The van der Waals surface area contributed by atoms with Crippen molar-refractivity contribution < 1.29 is 4.79 Å². The third-order valence-electron chi connectivity index (χ3n) is 3.71. The van der Waals surface area contributed by atoms with Crippen LogP contribution in [-0.2, 0) is 0 Å². The normalized spacial score (nSPS) is 17.1. The van der Waals surface area contributed by atoms with Crippen molar-refractivity contribution in [1.82, 2.24) is 10.2 Å². The van der Waals surface area contributed by atoms with E-state index in [9.17, 15) is 4.79 Å². The molecule has 1 heterocycles. The quantitative estimate of drug-likeness (QED) is 0.888. The van der Waals surface area contributed by atoms with Crippen LogP contribution in [0.25, 0.3) is 0 Å². The molecule has 2 amide bonds. The highest BCUT2D eigenvalue weighted by molar-refractivity contribution is 5.75. The standard InChI is InChI=1S/C17H26N2O/c1-17(2,3)13-15(14-9-5-4-6-10-14)18-16(20)19-11-7-8-12-19/h4-6,9-10,15H,7-8,11-13H2,1-3H3,(H,18,20). The Labute approximate surface area is 122 Å². The average Bonchev–Trinajstić information content (AvgIpc) is 2.91. The molecule has 0 saturated carbocycles. The Balaban J connectivity index is 2.08. The number of urea groups is 1. The SMILES string of the molecule is CC(C)(C)CC(NC(=O)N1CCCC1)c1ccccc1. The minimum absolute atomic E-state index is 0.0839. The molecule has 110 valence electrons. The van der Waals surface area contributed by atoms with Crippen LogP contribution in [0.2, 0.25) is 0 Å². The maximum Gasteiger partial charge on any atom is 0.317 e. The van der Waals surface area contributed by atoms with Crippen molar-refractivity contribution in [3.05, 3.63) is 35.9 Å². The zero-order valence-electron chi connectivity index (χ0n) is 12.9. The summed E-state index contributed by atoms with van der Waals surface area (Å²) in [6, 6.07) is 10.5. The van der Waals surface area contributed by atoms with Crippen molar-refractivity contribution >= 4 is 6.03 Å². The molecule has 1 atom stereocenters. The second kappa shape index (κ2) is 6.29. The summed E-state index contributed by atoms with van der Waals surface area (Å²) >= 11 is 0. The predicted octanol–water partition coefficient (Wildman–Crippen LogP) is 3.97. The predicted molar refractivity (Wildman–Crippen MR) is 82.6 cm³/mol. The van der Waals surface area contributed by atoms with Crippen molar-refractivity contribution in [3.8, 4) is 0 Å². The van der Waals surface area contributed by atoms with Crippen LogP contribution in [0.4, 0.5) is 4.79 Å². The smallest absolute Gasteiger partial charge is 0.317 e. The number of benzene rings is 1. The first kappa shape index (κ1) is 14.9. The summed E-state index contributed by atoms with van der Waals surface area (Å²) in [6.45, 7) is 8.42. The van der Waals surface area contributed by atoms with Crippen LogP contribution >= 0.6 is 0 Å². The monoisotopic (exact) mass is 274 g/mol. The van der Waals surface area contributed by atoms with E-state index in [2.05, 4.69) is 38.2 Å². The van der Waals surface area contributed by atoms with Crippen LogP contribution in [0, 0.1) is 5.41 Å². The van der Waals surface area contributed by atoms with Crippen LogP contribution in [0.15, 0.2) is 30.3 Å². The van der Waals surface area contributed by atoms with Crippen LogP contribution in [0.5, 0.6) is 0 Å². The minimum Gasteiger partial charge on any atom is -0.331 e. The van der Waals surface area contributed by atoms with Gasteiger partial charge in [-0.2, -0.15) is 0 Å². The zero-order valence-corrected chi connectivity index (χ0v) is 12.9. The molecular formula is C17H26N2O. The Hall–Kier alpha value is -1.51. The van der Waals surface area contributed by atoms with Crippen molar-refractivity contribution in [3.63, 3.8) is 0 Å². The number of hydrogen-bond acceptors (Lipinski definition) is 1. The maximum absolute atomic E-state index is 12.3. The van der Waals surface area contributed by atoms with Gasteiger partial charge < -0.3 is 10.2 Å². The average molecular weight is 274 g/mol. The third-order valence-corrected chi connectivity index (χ3v) is 3.71. The van der Waals surface area contributed by atoms with E-state index in [4.69, 9.17) is 0 Å². The zero-order chi connectivity index (χ0) is 14.6. The van der Waals surface area contributed by atoms with Gasteiger partial charge in [0.25, 0.3) is 0 Å². The molecule has 1 aromatic rings. The fraction of sp³-hybridized carbons (Fsp3) is 0.588. The van der Waals surface area contributed by atoms with E-state index < -0.39 is 0 Å². The lowest BCUT2D eigenvalue weighted by molar-refractivity contribution is 0.199. The van der Waals surface area contributed by atoms with E-state index in [1.165, 1.54) is 5.56 Å². The lowest BCUT2D eigenvalue weighted by Gasteiger charge is -2.29. The molecule has 3 nitrogen and oxygen atoms in total. The van der Waals surface area contributed by atoms with Gasteiger partial charge in [-0.3, -0.25) is 0 Å². The number of likely N-dealkylation sites (tertiary alicyclic amines) is 1. The molecule has 20 heavy (non-hydrogen) atoms. The summed E-state index contributed by atoms with van der Waals surface area (Å²) in [5, 5.41) is 3.22. The highest BCUT2D eigenvalue weighted by atomic mass is 16.2. The van der Waals surface area contributed by atoms with Crippen molar-refractivity contribution in [2.24, 2.45) is 5.41 Å². The summed E-state index contributed by atoms with van der Waals surface area (Å²) in [4.78, 5) is 14.3. The number of rotatable bonds is 3. The van der Waals surface area contributed by atoms with Gasteiger partial charge in [-0.1, -0.05) is 51.1 Å². The Kier molecular flexibility index (Phi) is 4.69. The molecule has 2 rings (SSSR count). The van der Waals surface area contributed by atoms with E-state index in [0.717, 1.165) is 32.4 Å². The Morgan fingerprint density at radius 3 is 2.35 bits per heavy atom. The van der Waals surface area contributed by atoms with Crippen molar-refractivity contribution in [2.45, 2.75) is 46.1 Å². The molecule has 0 aromatic heterocycles. The van der Waals surface area contributed by atoms with Crippen molar-refractivity contribution in [2.75, 3.05) is 13.1 Å². The van der Waals surface area contributed by atoms with E-state index >= 15 is 0 Å². The highest BCUT2D eigenvalue weighted by Crippen LogP contribution is 2.29. The second-order valence-electron chi connectivity index (χ2n) is 6.87. The summed E-state index contributed by atoms with van der Waals surface area (Å²) < 4.78 is 0. The molecule has 0 bridgehead atoms. The molecule has 1 N–H and O–H groups in total. The van der Waals surface area contributed by atoms with Crippen LogP contribution in [0.3, 0.4) is 0 Å². The molecule has 1 fully saturated rings. The van der Waals surface area contributed by atoms with E-state index in [1.807, 2.05) is 23.1 Å². The fourth-order valence-electron chi connectivity index (χ4n) is 2.71. The van der Waals surface area contributed by atoms with Gasteiger partial charge in [0.05, 0.1) is 6.04 Å². The number of amides is 2. The van der Waals surface area contributed by atoms with Gasteiger partial charge in [-0.05, 0) is 30.2 Å². The largest absolute Gasteiger partial charge is 0.331 e. The van der Waals surface area contributed by atoms with Gasteiger partial charge in [-0.15, -0.1) is 0 Å². The van der Waals surface area contributed by atoms with Gasteiger partial charge in [0.2, 0.25) is 0 Å². The van der Waals surface area contributed by atoms with Gasteiger partial charge in [0.1, 0.15) is 0 Å². The number of carbonyl (C=O) groups excluding carboxylic acids is 1. The number of nitrogens with one attached hydrogen (secondary N) is 1. The Bertz CT molecular complexity index is 430. The maximum atomic E-state index is 12.3. The van der Waals surface area contributed by atoms with Crippen LogP contribution in [0.1, 0.15) is 51.6 Å². The van der Waals surface area contributed by atoms with E-state index in [1.54, 1.807) is 0 Å². The number of hydrogen-bond donors (Lipinski definition) is 1. The minimum atomic E-state index is 0.0839. The van der Waals surface area contributed by atoms with E-state index in [0.29, 0.717) is 0 Å². The molecule has 0 radical (unpaired) electrons. The molecule has 0 spiro atoms. The molecule has 1 saturated heterocycles.